The lowest BCUT2D eigenvalue weighted by atomic mass is 10.1. The number of anilines is 3. The molecule has 164 valence electrons. The number of fused-ring (bicyclic) bond motifs is 1. The highest BCUT2D eigenvalue weighted by atomic mass is 16.7. The van der Waals surface area contributed by atoms with Crippen molar-refractivity contribution in [3.05, 3.63) is 54.1 Å². The molecule has 8 heteroatoms. The van der Waals surface area contributed by atoms with E-state index in [0.717, 1.165) is 41.6 Å². The minimum atomic E-state index is 0.0204. The number of carbonyl (C=O) groups excluding carboxylic acids is 1. The van der Waals surface area contributed by atoms with Crippen molar-refractivity contribution in [3.8, 4) is 22.8 Å². The summed E-state index contributed by atoms with van der Waals surface area (Å²) in [6.07, 6.45) is 0. The number of rotatable bonds is 5. The average molecular weight is 432 g/mol. The van der Waals surface area contributed by atoms with E-state index in [-0.39, 0.29) is 12.6 Å². The number of aromatic nitrogens is 2. The predicted octanol–water partition coefficient (Wildman–Crippen LogP) is 3.68. The molecule has 0 saturated carbocycles. The van der Waals surface area contributed by atoms with Crippen LogP contribution in [0.4, 0.5) is 17.5 Å². The summed E-state index contributed by atoms with van der Waals surface area (Å²) < 4.78 is 16.5. The van der Waals surface area contributed by atoms with E-state index in [4.69, 9.17) is 24.2 Å². The summed E-state index contributed by atoms with van der Waals surface area (Å²) in [5, 5.41) is 0. The van der Waals surface area contributed by atoms with Crippen LogP contribution in [0.15, 0.2) is 48.5 Å². The third-order valence-corrected chi connectivity index (χ3v) is 5.64. The lowest BCUT2D eigenvalue weighted by Gasteiger charge is -2.29. The third kappa shape index (κ3) is 3.97. The van der Waals surface area contributed by atoms with E-state index in [1.54, 1.807) is 6.92 Å². The van der Waals surface area contributed by atoms with Crippen LogP contribution in [0.1, 0.15) is 17.3 Å². The molecule has 3 aromatic rings. The molecule has 1 aromatic heterocycles. The van der Waals surface area contributed by atoms with Crippen LogP contribution in [0.5, 0.6) is 11.5 Å². The fraction of sp³-hybridized carbons (Fsp3) is 0.292. The number of hydrogen-bond donors (Lipinski definition) is 0. The third-order valence-electron chi connectivity index (χ3n) is 5.64. The molecule has 3 heterocycles. The van der Waals surface area contributed by atoms with Crippen molar-refractivity contribution in [1.29, 1.82) is 0 Å². The van der Waals surface area contributed by atoms with E-state index < -0.39 is 0 Å². The molecule has 5 rings (SSSR count). The van der Waals surface area contributed by atoms with E-state index in [1.165, 1.54) is 0 Å². The molecule has 0 aliphatic carbocycles. The first-order chi connectivity index (χ1) is 15.6. The van der Waals surface area contributed by atoms with Crippen LogP contribution < -0.4 is 19.3 Å². The van der Waals surface area contributed by atoms with Crippen LogP contribution >= 0.6 is 0 Å². The van der Waals surface area contributed by atoms with Crippen LogP contribution in [-0.2, 0) is 4.74 Å². The van der Waals surface area contributed by atoms with Crippen molar-refractivity contribution in [1.82, 2.24) is 9.97 Å². The first-order valence-electron chi connectivity index (χ1n) is 10.5. The van der Waals surface area contributed by atoms with Gasteiger partial charge < -0.3 is 24.0 Å². The highest BCUT2D eigenvalue weighted by Gasteiger charge is 2.20. The Morgan fingerprint density at radius 3 is 2.62 bits per heavy atom. The zero-order valence-electron chi connectivity index (χ0n) is 18.1. The van der Waals surface area contributed by atoms with Crippen molar-refractivity contribution >= 4 is 23.2 Å². The van der Waals surface area contributed by atoms with Gasteiger partial charge in [0.15, 0.2) is 17.3 Å². The Morgan fingerprint density at radius 1 is 1.00 bits per heavy atom. The van der Waals surface area contributed by atoms with Crippen LogP contribution in [0, 0.1) is 0 Å². The number of morpholine rings is 1. The number of ether oxygens (including phenoxy) is 3. The van der Waals surface area contributed by atoms with Crippen LogP contribution in [0.3, 0.4) is 0 Å². The minimum Gasteiger partial charge on any atom is -0.454 e. The molecule has 0 atom stereocenters. The molecule has 0 unspecified atom stereocenters. The van der Waals surface area contributed by atoms with E-state index in [0.29, 0.717) is 30.5 Å². The molecule has 32 heavy (non-hydrogen) atoms. The van der Waals surface area contributed by atoms with Gasteiger partial charge in [0.25, 0.3) is 0 Å². The zero-order valence-corrected chi connectivity index (χ0v) is 18.1. The Balaban J connectivity index is 1.57. The van der Waals surface area contributed by atoms with Crippen molar-refractivity contribution in [2.45, 2.75) is 6.92 Å². The summed E-state index contributed by atoms with van der Waals surface area (Å²) in [5.41, 5.74) is 3.17. The van der Waals surface area contributed by atoms with Gasteiger partial charge in [0.2, 0.25) is 12.7 Å². The molecule has 1 fully saturated rings. The standard InChI is InChI=1S/C24H24N4O4/c1-16(29)17-4-3-5-18(12-17)20-14-23(28-8-10-30-11-9-28)26-24(25-20)27(2)19-6-7-21-22(13-19)32-15-31-21/h3-7,12-14H,8-11,15H2,1-2H3. The number of hydrogen-bond acceptors (Lipinski definition) is 8. The monoisotopic (exact) mass is 432 g/mol. The van der Waals surface area contributed by atoms with E-state index in [1.807, 2.05) is 60.5 Å². The molecule has 0 bridgehead atoms. The van der Waals surface area contributed by atoms with Gasteiger partial charge in [-0.25, -0.2) is 4.98 Å². The van der Waals surface area contributed by atoms with E-state index in [9.17, 15) is 4.79 Å². The molecule has 0 amide bonds. The van der Waals surface area contributed by atoms with Gasteiger partial charge in [-0.15, -0.1) is 0 Å². The first kappa shape index (κ1) is 20.3. The second kappa shape index (κ2) is 8.47. The lowest BCUT2D eigenvalue weighted by Crippen LogP contribution is -2.37. The van der Waals surface area contributed by atoms with Crippen molar-refractivity contribution in [2.75, 3.05) is 49.9 Å². The summed E-state index contributed by atoms with van der Waals surface area (Å²) in [6.45, 7) is 4.63. The number of carbonyl (C=O) groups is 1. The van der Waals surface area contributed by atoms with Crippen molar-refractivity contribution < 1.29 is 19.0 Å². The second-order valence-electron chi connectivity index (χ2n) is 7.74. The topological polar surface area (TPSA) is 77.0 Å². The normalized spacial score (nSPS) is 15.0. The average Bonchev–Trinajstić information content (AvgIpc) is 3.32. The van der Waals surface area contributed by atoms with Gasteiger partial charge in [0, 0.05) is 49.1 Å². The van der Waals surface area contributed by atoms with Gasteiger partial charge in [-0.1, -0.05) is 18.2 Å². The maximum absolute atomic E-state index is 11.9. The molecule has 2 aliphatic heterocycles. The Hall–Kier alpha value is -3.65. The van der Waals surface area contributed by atoms with Gasteiger partial charge in [-0.3, -0.25) is 4.79 Å². The zero-order chi connectivity index (χ0) is 22.1. The smallest absolute Gasteiger partial charge is 0.232 e. The molecule has 8 nitrogen and oxygen atoms in total. The highest BCUT2D eigenvalue weighted by Crippen LogP contribution is 2.37. The first-order valence-corrected chi connectivity index (χ1v) is 10.5. The Bertz CT molecular complexity index is 1160. The Labute approximate surface area is 186 Å². The van der Waals surface area contributed by atoms with Crippen molar-refractivity contribution in [3.63, 3.8) is 0 Å². The molecule has 2 aromatic carbocycles. The largest absolute Gasteiger partial charge is 0.454 e. The minimum absolute atomic E-state index is 0.0204. The summed E-state index contributed by atoms with van der Waals surface area (Å²) in [7, 11) is 1.92. The van der Waals surface area contributed by atoms with Crippen molar-refractivity contribution in [2.24, 2.45) is 0 Å². The van der Waals surface area contributed by atoms with Crippen LogP contribution in [0.2, 0.25) is 0 Å². The van der Waals surface area contributed by atoms with Crippen LogP contribution in [0.25, 0.3) is 11.3 Å². The summed E-state index contributed by atoms with van der Waals surface area (Å²) in [6, 6.07) is 15.3. The number of Topliss-reactive ketones (excluding diaryl/α,β-unsaturated/α-hetero) is 1. The Morgan fingerprint density at radius 2 is 1.81 bits per heavy atom. The lowest BCUT2D eigenvalue weighted by molar-refractivity contribution is 0.101. The summed E-state index contributed by atoms with van der Waals surface area (Å²) in [5.74, 6) is 2.83. The second-order valence-corrected chi connectivity index (χ2v) is 7.74. The molecule has 0 N–H and O–H groups in total. The SMILES string of the molecule is CC(=O)c1cccc(-c2cc(N3CCOCC3)nc(N(C)c3ccc4c(c3)OCO4)n2)c1. The quantitative estimate of drug-likeness (QED) is 0.565. The molecular formula is C24H24N4O4. The highest BCUT2D eigenvalue weighted by molar-refractivity contribution is 5.95. The van der Waals surface area contributed by atoms with E-state index >= 15 is 0 Å². The van der Waals surface area contributed by atoms with Gasteiger partial charge in [-0.2, -0.15) is 4.98 Å². The number of benzene rings is 2. The maximum Gasteiger partial charge on any atom is 0.232 e. The van der Waals surface area contributed by atoms with Gasteiger partial charge >= 0.3 is 0 Å². The molecule has 1 saturated heterocycles. The summed E-state index contributed by atoms with van der Waals surface area (Å²) in [4.78, 5) is 25.7. The molecule has 0 spiro atoms. The molecular weight excluding hydrogens is 408 g/mol. The molecule has 0 radical (unpaired) electrons. The maximum atomic E-state index is 11.9. The number of nitrogens with zero attached hydrogens (tertiary/aromatic N) is 4. The van der Waals surface area contributed by atoms with Gasteiger partial charge in [0.1, 0.15) is 5.82 Å². The van der Waals surface area contributed by atoms with Gasteiger partial charge in [0.05, 0.1) is 18.9 Å². The van der Waals surface area contributed by atoms with Crippen LogP contribution in [-0.4, -0.2) is 55.9 Å². The van der Waals surface area contributed by atoms with E-state index in [2.05, 4.69) is 4.90 Å². The van der Waals surface area contributed by atoms with Gasteiger partial charge in [-0.05, 0) is 25.1 Å². The fourth-order valence-electron chi connectivity index (χ4n) is 3.78. The predicted molar refractivity (Wildman–Crippen MR) is 121 cm³/mol. The Kier molecular flexibility index (Phi) is 5.36. The molecule has 2 aliphatic rings. The number of ketones is 1. The fourth-order valence-corrected chi connectivity index (χ4v) is 3.78. The summed E-state index contributed by atoms with van der Waals surface area (Å²) >= 11 is 0.